The first-order valence-corrected chi connectivity index (χ1v) is 17.5. The molecule has 2 atom stereocenters. The monoisotopic (exact) mass is 641 g/mol. The van der Waals surface area contributed by atoms with Crippen molar-refractivity contribution in [3.63, 3.8) is 0 Å². The maximum Gasteiger partial charge on any atom is 0.326 e. The molecule has 2 N–H and O–H groups in total. The van der Waals surface area contributed by atoms with Crippen molar-refractivity contribution in [1.29, 1.82) is 0 Å². The summed E-state index contributed by atoms with van der Waals surface area (Å²) >= 11 is 0. The number of ether oxygens (including phenoxy) is 1. The van der Waals surface area contributed by atoms with Crippen LogP contribution in [0.1, 0.15) is 68.8 Å². The zero-order valence-corrected chi connectivity index (χ0v) is 27.6. The molecule has 0 spiro atoms. The number of nitrogens with zero attached hydrogens (tertiary/aromatic N) is 2. The van der Waals surface area contributed by atoms with Crippen molar-refractivity contribution in [2.45, 2.75) is 75.5 Å². The molecule has 8 nitrogen and oxygen atoms in total. The zero-order chi connectivity index (χ0) is 33.1. The smallest absolute Gasteiger partial charge is 0.326 e. The zero-order valence-electron chi connectivity index (χ0n) is 26.8. The number of amides is 1. The van der Waals surface area contributed by atoms with E-state index in [-0.39, 0.29) is 17.2 Å². The van der Waals surface area contributed by atoms with E-state index in [1.54, 1.807) is 24.5 Å². The van der Waals surface area contributed by atoms with Gasteiger partial charge in [0.1, 0.15) is 11.8 Å². The molecular formula is C37H43N3O5S. The first-order valence-electron chi connectivity index (χ1n) is 15.7. The van der Waals surface area contributed by atoms with Crippen LogP contribution in [0.4, 0.5) is 0 Å². The van der Waals surface area contributed by atoms with E-state index in [1.807, 2.05) is 62.4 Å². The molecule has 1 amide bonds. The summed E-state index contributed by atoms with van der Waals surface area (Å²) in [6.07, 6.45) is 9.67. The van der Waals surface area contributed by atoms with Crippen molar-refractivity contribution in [2.24, 2.45) is 0 Å². The van der Waals surface area contributed by atoms with Crippen LogP contribution in [0.5, 0.6) is 5.75 Å². The van der Waals surface area contributed by atoms with Gasteiger partial charge in [-0.15, -0.1) is 0 Å². The van der Waals surface area contributed by atoms with Crippen LogP contribution in [0.25, 0.3) is 22.5 Å². The lowest BCUT2D eigenvalue weighted by Gasteiger charge is -2.16. The topological polar surface area (TPSA) is 118 Å². The minimum atomic E-state index is -2.48. The summed E-state index contributed by atoms with van der Waals surface area (Å²) in [7, 11) is -2.48. The van der Waals surface area contributed by atoms with Crippen molar-refractivity contribution < 1.29 is 23.6 Å². The molecule has 0 saturated heterocycles. The third kappa shape index (κ3) is 9.26. The van der Waals surface area contributed by atoms with E-state index in [0.717, 1.165) is 41.0 Å². The largest absolute Gasteiger partial charge is 0.494 e. The molecule has 1 aromatic heterocycles. The van der Waals surface area contributed by atoms with Gasteiger partial charge in [0.05, 0.1) is 6.61 Å². The molecule has 46 heavy (non-hydrogen) atoms. The van der Waals surface area contributed by atoms with Crippen LogP contribution in [0.15, 0.2) is 90.1 Å². The molecule has 242 valence electrons. The van der Waals surface area contributed by atoms with E-state index < -0.39 is 27.4 Å². The maximum atomic E-state index is 12.8. The Kier molecular flexibility index (Phi) is 12.1. The highest BCUT2D eigenvalue weighted by molar-refractivity contribution is 8.00. The van der Waals surface area contributed by atoms with Gasteiger partial charge in [-0.1, -0.05) is 82.9 Å². The van der Waals surface area contributed by atoms with Crippen molar-refractivity contribution in [2.75, 3.05) is 6.61 Å². The average Bonchev–Trinajstić information content (AvgIpc) is 3.06. The first kappa shape index (κ1) is 34.4. The number of carbonyl (C=O) groups excluding carboxylic acids is 1. The minimum absolute atomic E-state index is 0.0951. The molecule has 9 heteroatoms. The number of aromatic nitrogens is 2. The number of hydrogen-bond donors (Lipinski definition) is 2. The van der Waals surface area contributed by atoms with Gasteiger partial charge in [0, 0.05) is 45.7 Å². The van der Waals surface area contributed by atoms with E-state index in [2.05, 4.69) is 28.1 Å². The van der Waals surface area contributed by atoms with Gasteiger partial charge in [-0.25, -0.2) is 14.8 Å². The van der Waals surface area contributed by atoms with Gasteiger partial charge in [0.2, 0.25) is 0 Å². The second kappa shape index (κ2) is 16.2. The van der Waals surface area contributed by atoms with Crippen LogP contribution >= 0.6 is 0 Å². The fourth-order valence-corrected chi connectivity index (χ4v) is 5.98. The van der Waals surface area contributed by atoms with Crippen LogP contribution in [-0.2, 0) is 20.7 Å². The van der Waals surface area contributed by atoms with Gasteiger partial charge in [-0.05, 0) is 69.3 Å². The van der Waals surface area contributed by atoms with Crippen molar-refractivity contribution >= 4 is 27.3 Å². The van der Waals surface area contributed by atoms with Crippen molar-refractivity contribution in [1.82, 2.24) is 15.3 Å². The van der Waals surface area contributed by atoms with Crippen LogP contribution in [-0.4, -0.2) is 54.9 Å². The highest BCUT2D eigenvalue weighted by atomic mass is 32.2. The molecule has 0 aliphatic rings. The predicted octanol–water partition coefficient (Wildman–Crippen LogP) is 7.07. The molecule has 1 heterocycles. The van der Waals surface area contributed by atoms with Crippen LogP contribution in [0.3, 0.4) is 0 Å². The summed E-state index contributed by atoms with van der Waals surface area (Å²) in [5.41, 5.74) is 3.69. The summed E-state index contributed by atoms with van der Waals surface area (Å²) in [5.74, 6) is 3.56. The van der Waals surface area contributed by atoms with Gasteiger partial charge in [-0.3, -0.25) is 9.00 Å². The third-order valence-corrected chi connectivity index (χ3v) is 10.5. The van der Waals surface area contributed by atoms with Gasteiger partial charge in [0.25, 0.3) is 5.91 Å². The Balaban J connectivity index is 1.33. The molecular weight excluding hydrogens is 598 g/mol. The summed E-state index contributed by atoms with van der Waals surface area (Å²) < 4.78 is 18.7. The maximum absolute atomic E-state index is 12.8. The highest BCUT2D eigenvalue weighted by Crippen LogP contribution is 2.24. The molecule has 4 rings (SSSR count). The fraction of sp³-hybridized carbons (Fsp3) is 0.324. The molecule has 1 unspecified atom stereocenters. The molecule has 0 radical (unpaired) electrons. The number of carboxylic acid groups (broad SMARTS) is 1. The Bertz CT molecular complexity index is 1680. The Morgan fingerprint density at radius 1 is 0.848 bits per heavy atom. The van der Waals surface area contributed by atoms with Crippen LogP contribution in [0.2, 0.25) is 0 Å². The summed E-state index contributed by atoms with van der Waals surface area (Å²) in [6.45, 7) is 6.59. The summed E-state index contributed by atoms with van der Waals surface area (Å²) in [4.78, 5) is 34.4. The van der Waals surface area contributed by atoms with Gasteiger partial charge >= 0.3 is 5.97 Å². The van der Waals surface area contributed by atoms with Crippen LogP contribution < -0.4 is 10.1 Å². The highest BCUT2D eigenvalue weighted by Gasteiger charge is 2.22. The normalized spacial score (nSPS) is 13.1. The number of rotatable bonds is 16. The van der Waals surface area contributed by atoms with E-state index in [9.17, 15) is 18.9 Å². The summed E-state index contributed by atoms with van der Waals surface area (Å²) in [6, 6.07) is 20.4. The number of unbranched alkanes of at least 4 members (excludes halogenated alkanes) is 4. The van der Waals surface area contributed by atoms with Crippen molar-refractivity contribution in [3.05, 3.63) is 96.3 Å². The second-order valence-corrected chi connectivity index (χ2v) is 14.5. The first-order chi connectivity index (χ1) is 22.1. The molecule has 3 aromatic carbocycles. The lowest BCUT2D eigenvalue weighted by atomic mass is 10.0. The molecule has 0 saturated carbocycles. The van der Waals surface area contributed by atoms with Gasteiger partial charge in [0.15, 0.2) is 5.82 Å². The number of nitrogens with one attached hydrogen (secondary N) is 1. The Labute approximate surface area is 272 Å². The van der Waals surface area contributed by atoms with Crippen molar-refractivity contribution in [3.8, 4) is 28.3 Å². The molecule has 0 aliphatic carbocycles. The lowest BCUT2D eigenvalue weighted by molar-refractivity contribution is -0.139. The van der Waals surface area contributed by atoms with E-state index in [4.69, 9.17) is 4.74 Å². The Hall–Kier alpha value is -4.50. The summed E-state index contributed by atoms with van der Waals surface area (Å²) in [5, 5.41) is 12.2. The number of aliphatic carboxylic acids is 1. The molecule has 0 aliphatic heterocycles. The van der Waals surface area contributed by atoms with E-state index in [0.29, 0.717) is 10.7 Å². The molecule has 4 aromatic rings. The fourth-order valence-electron chi connectivity index (χ4n) is 4.84. The van der Waals surface area contributed by atoms with E-state index >= 15 is 0 Å². The Morgan fingerprint density at radius 2 is 1.46 bits per heavy atom. The van der Waals surface area contributed by atoms with Crippen LogP contribution in [0, 0.1) is 0 Å². The minimum Gasteiger partial charge on any atom is -0.494 e. The number of carbonyl (C=O) groups is 2. The number of carboxylic acids is 1. The third-order valence-electron chi connectivity index (χ3n) is 7.89. The lowest BCUT2D eigenvalue weighted by Crippen LogP contribution is -2.42. The predicted molar refractivity (Wildman–Crippen MR) is 185 cm³/mol. The number of hydrogen-bond acceptors (Lipinski definition) is 6. The molecule has 0 fully saturated rings. The average molecular weight is 642 g/mol. The SMILES string of the molecule is C=S(=O)(c1ccc(C(=O)N[C@@H](Cc2ccc(-c3ncc(-c4ccc(OCCCCCCC)cc4)cn3)cc2)C(=O)O)cc1)C(C)C. The van der Waals surface area contributed by atoms with E-state index in [1.165, 1.54) is 37.8 Å². The Morgan fingerprint density at radius 3 is 2.04 bits per heavy atom. The number of benzene rings is 3. The quantitative estimate of drug-likeness (QED) is 0.0992. The standard InChI is InChI=1S/C37H43N3O5S/c1-5-6-7-8-9-22-45-32-18-14-28(15-19-32)31-24-38-35(39-25-31)29-12-10-27(11-13-29)23-34(37(42)43)40-36(41)30-16-20-33(21-17-30)46(4,44)26(2)3/h10-21,24-26,34H,4-9,22-23H2,1-3H3,(H,40,41)(H,42,43)/t34-,46?/m0/s1. The van der Waals surface area contributed by atoms with Gasteiger partial charge < -0.3 is 15.2 Å². The van der Waals surface area contributed by atoms with Gasteiger partial charge in [-0.2, -0.15) is 0 Å². The molecule has 0 bridgehead atoms. The second-order valence-electron chi connectivity index (χ2n) is 11.6.